The van der Waals surface area contributed by atoms with Gasteiger partial charge in [0.25, 0.3) is 0 Å². The molecule has 188 valence electrons. The van der Waals surface area contributed by atoms with Gasteiger partial charge >= 0.3 is 0 Å². The number of fused-ring (bicyclic) bond motifs is 1. The van der Waals surface area contributed by atoms with Gasteiger partial charge in [0.15, 0.2) is 11.0 Å². The minimum absolute atomic E-state index is 0.0879. The predicted molar refractivity (Wildman–Crippen MR) is 155 cm³/mol. The maximum absolute atomic E-state index is 12.7. The van der Waals surface area contributed by atoms with Crippen LogP contribution in [0.5, 0.6) is 0 Å². The molecule has 9 heteroatoms. The maximum atomic E-state index is 12.7. The second kappa shape index (κ2) is 10.7. The highest BCUT2D eigenvalue weighted by molar-refractivity contribution is 7.99. The van der Waals surface area contributed by atoms with Crippen molar-refractivity contribution < 1.29 is 4.79 Å². The summed E-state index contributed by atoms with van der Waals surface area (Å²) in [7, 11) is 4.03. The highest BCUT2D eigenvalue weighted by Gasteiger charge is 2.15. The van der Waals surface area contributed by atoms with E-state index in [1.54, 1.807) is 11.3 Å². The summed E-state index contributed by atoms with van der Waals surface area (Å²) in [4.78, 5) is 19.5. The van der Waals surface area contributed by atoms with Gasteiger partial charge in [-0.2, -0.15) is 0 Å². The van der Waals surface area contributed by atoms with Crippen LogP contribution in [0, 0.1) is 6.92 Å². The second-order valence-electron chi connectivity index (χ2n) is 8.90. The lowest BCUT2D eigenvalue weighted by Crippen LogP contribution is -2.14. The monoisotopic (exact) mass is 528 g/mol. The van der Waals surface area contributed by atoms with Gasteiger partial charge in [-0.1, -0.05) is 30.0 Å². The molecule has 5 rings (SSSR count). The Balaban J connectivity index is 1.23. The first-order chi connectivity index (χ1) is 17.9. The number of thioether (sulfide) groups is 1. The quantitative estimate of drug-likeness (QED) is 0.237. The number of hydrogen-bond acceptors (Lipinski definition) is 7. The van der Waals surface area contributed by atoms with Crippen LogP contribution in [-0.4, -0.2) is 45.5 Å². The number of hydrogen-bond donors (Lipinski definition) is 1. The Kier molecular flexibility index (Phi) is 7.25. The molecule has 0 aliphatic carbocycles. The standard InChI is InChI=1S/C28H28N6OS2/c1-5-34-26(20-7-6-8-22(16-20)33(3)4)31-32-28(34)36-17-25(35)29-21-12-10-19(11-13-21)27-30-23-14-9-18(2)15-24(23)37-27/h6-16H,5,17H2,1-4H3,(H,29,35). The first-order valence-electron chi connectivity index (χ1n) is 12.0. The number of thiazole rings is 1. The average Bonchev–Trinajstić information content (AvgIpc) is 3.51. The van der Waals surface area contributed by atoms with Gasteiger partial charge in [0.1, 0.15) is 5.01 Å². The number of carbonyl (C=O) groups excluding carboxylic acids is 1. The molecule has 3 aromatic carbocycles. The first-order valence-corrected chi connectivity index (χ1v) is 13.8. The fourth-order valence-corrected chi connectivity index (χ4v) is 5.87. The van der Waals surface area contributed by atoms with E-state index in [1.165, 1.54) is 22.0 Å². The largest absolute Gasteiger partial charge is 0.378 e. The molecule has 37 heavy (non-hydrogen) atoms. The fourth-order valence-electron chi connectivity index (χ4n) is 4.00. The van der Waals surface area contributed by atoms with Gasteiger partial charge in [0.05, 0.1) is 16.0 Å². The van der Waals surface area contributed by atoms with Crippen molar-refractivity contribution in [3.63, 3.8) is 0 Å². The summed E-state index contributed by atoms with van der Waals surface area (Å²) >= 11 is 3.06. The zero-order chi connectivity index (χ0) is 25.9. The Morgan fingerprint density at radius 3 is 2.59 bits per heavy atom. The lowest BCUT2D eigenvalue weighted by Gasteiger charge is -2.14. The Hall–Kier alpha value is -3.69. The van der Waals surface area contributed by atoms with E-state index >= 15 is 0 Å². The summed E-state index contributed by atoms with van der Waals surface area (Å²) in [6.07, 6.45) is 0. The molecule has 0 fully saturated rings. The number of anilines is 2. The second-order valence-corrected chi connectivity index (χ2v) is 10.9. The van der Waals surface area contributed by atoms with Crippen molar-refractivity contribution in [2.75, 3.05) is 30.1 Å². The molecule has 0 saturated heterocycles. The van der Waals surface area contributed by atoms with Crippen LogP contribution in [0.25, 0.3) is 32.2 Å². The third-order valence-electron chi connectivity index (χ3n) is 5.95. The van der Waals surface area contributed by atoms with E-state index in [-0.39, 0.29) is 11.7 Å². The van der Waals surface area contributed by atoms with Gasteiger partial charge in [0.2, 0.25) is 5.91 Å². The Morgan fingerprint density at radius 2 is 1.84 bits per heavy atom. The summed E-state index contributed by atoms with van der Waals surface area (Å²) in [6.45, 7) is 4.86. The van der Waals surface area contributed by atoms with Crippen molar-refractivity contribution in [3.05, 3.63) is 72.3 Å². The van der Waals surface area contributed by atoms with Crippen LogP contribution in [0.2, 0.25) is 0 Å². The van der Waals surface area contributed by atoms with Crippen LogP contribution in [0.4, 0.5) is 11.4 Å². The first kappa shape index (κ1) is 25.0. The summed E-state index contributed by atoms with van der Waals surface area (Å²) in [5.41, 5.74) is 6.12. The summed E-state index contributed by atoms with van der Waals surface area (Å²) in [5, 5.41) is 13.5. The molecule has 7 nitrogen and oxygen atoms in total. The smallest absolute Gasteiger partial charge is 0.234 e. The van der Waals surface area contributed by atoms with Crippen molar-refractivity contribution >= 4 is 50.6 Å². The highest BCUT2D eigenvalue weighted by Crippen LogP contribution is 2.31. The molecule has 0 spiro atoms. The third-order valence-corrected chi connectivity index (χ3v) is 7.98. The number of benzene rings is 3. The summed E-state index contributed by atoms with van der Waals surface area (Å²) < 4.78 is 3.22. The van der Waals surface area contributed by atoms with E-state index in [4.69, 9.17) is 4.98 Å². The van der Waals surface area contributed by atoms with Crippen LogP contribution in [0.15, 0.2) is 71.9 Å². The van der Waals surface area contributed by atoms with E-state index in [0.29, 0.717) is 6.54 Å². The minimum Gasteiger partial charge on any atom is -0.378 e. The zero-order valence-electron chi connectivity index (χ0n) is 21.2. The average molecular weight is 529 g/mol. The number of nitrogens with one attached hydrogen (secondary N) is 1. The molecule has 0 unspecified atom stereocenters. The van der Waals surface area contributed by atoms with E-state index in [0.717, 1.165) is 44.0 Å². The Bertz CT molecular complexity index is 1560. The van der Waals surface area contributed by atoms with E-state index in [9.17, 15) is 4.79 Å². The number of carbonyl (C=O) groups is 1. The molecule has 2 aromatic heterocycles. The lowest BCUT2D eigenvalue weighted by molar-refractivity contribution is -0.113. The van der Waals surface area contributed by atoms with E-state index in [1.807, 2.05) is 55.1 Å². The van der Waals surface area contributed by atoms with Crippen LogP contribution in [-0.2, 0) is 11.3 Å². The molecule has 0 bridgehead atoms. The third kappa shape index (κ3) is 5.52. The Morgan fingerprint density at radius 1 is 1.03 bits per heavy atom. The molecule has 1 amide bonds. The van der Waals surface area contributed by atoms with Gasteiger partial charge in [0, 0.05) is 43.1 Å². The van der Waals surface area contributed by atoms with Gasteiger partial charge in [-0.05, 0) is 67.9 Å². The van der Waals surface area contributed by atoms with E-state index < -0.39 is 0 Å². The normalized spacial score (nSPS) is 11.1. The molecule has 5 aromatic rings. The predicted octanol–water partition coefficient (Wildman–Crippen LogP) is 6.35. The lowest BCUT2D eigenvalue weighted by atomic mass is 10.2. The fraction of sp³-hybridized carbons (Fsp3) is 0.214. The van der Waals surface area contributed by atoms with Crippen LogP contribution in [0.3, 0.4) is 0 Å². The molecule has 0 atom stereocenters. The van der Waals surface area contributed by atoms with Crippen molar-refractivity contribution in [2.24, 2.45) is 0 Å². The molecule has 0 aliphatic rings. The molecule has 0 saturated carbocycles. The number of aryl methyl sites for hydroxylation is 1. The van der Waals surface area contributed by atoms with Crippen LogP contribution >= 0.6 is 23.1 Å². The number of amides is 1. The molecule has 1 N–H and O–H groups in total. The number of rotatable bonds is 8. The maximum Gasteiger partial charge on any atom is 0.234 e. The van der Waals surface area contributed by atoms with Crippen LogP contribution in [0.1, 0.15) is 12.5 Å². The summed E-state index contributed by atoms with van der Waals surface area (Å²) in [6, 6.07) is 22.3. The number of aromatic nitrogens is 4. The zero-order valence-corrected chi connectivity index (χ0v) is 22.9. The SMILES string of the molecule is CCn1c(SCC(=O)Nc2ccc(-c3nc4ccc(C)cc4s3)cc2)nnc1-c1cccc(N(C)C)c1. The molecule has 0 aliphatic heterocycles. The van der Waals surface area contributed by atoms with Crippen molar-refractivity contribution in [3.8, 4) is 22.0 Å². The van der Waals surface area contributed by atoms with E-state index in [2.05, 4.69) is 64.6 Å². The van der Waals surface area contributed by atoms with Gasteiger partial charge < -0.3 is 14.8 Å². The Labute approximate surface area is 224 Å². The van der Waals surface area contributed by atoms with Crippen molar-refractivity contribution in [1.82, 2.24) is 19.7 Å². The van der Waals surface area contributed by atoms with Crippen molar-refractivity contribution in [2.45, 2.75) is 25.5 Å². The topological polar surface area (TPSA) is 75.9 Å². The van der Waals surface area contributed by atoms with Gasteiger partial charge in [-0.3, -0.25) is 4.79 Å². The summed E-state index contributed by atoms with van der Waals surface area (Å²) in [5.74, 6) is 0.958. The molecular weight excluding hydrogens is 500 g/mol. The van der Waals surface area contributed by atoms with Crippen LogP contribution < -0.4 is 10.2 Å². The number of nitrogens with zero attached hydrogens (tertiary/aromatic N) is 5. The highest BCUT2D eigenvalue weighted by atomic mass is 32.2. The van der Waals surface area contributed by atoms with Gasteiger partial charge in [-0.15, -0.1) is 21.5 Å². The molecular formula is C28H28N6OS2. The van der Waals surface area contributed by atoms with Crippen molar-refractivity contribution in [1.29, 1.82) is 0 Å². The molecule has 2 heterocycles. The molecule has 0 radical (unpaired) electrons. The minimum atomic E-state index is -0.0879. The van der Waals surface area contributed by atoms with Gasteiger partial charge in [-0.25, -0.2) is 4.98 Å².